The van der Waals surface area contributed by atoms with E-state index in [1.54, 1.807) is 0 Å². The molecule has 0 aromatic rings. The van der Waals surface area contributed by atoms with E-state index in [4.69, 9.17) is 9.16 Å². The molecule has 1 rings (SSSR count). The summed E-state index contributed by atoms with van der Waals surface area (Å²) >= 11 is 0. The molecule has 1 fully saturated rings. The molecular formula is C19H39NO5Si. The quantitative estimate of drug-likeness (QED) is 0.645. The lowest BCUT2D eigenvalue weighted by atomic mass is 9.91. The fourth-order valence-corrected chi connectivity index (χ4v) is 4.60. The van der Waals surface area contributed by atoms with Crippen molar-refractivity contribution in [1.29, 1.82) is 0 Å². The van der Waals surface area contributed by atoms with Crippen LogP contribution in [0.5, 0.6) is 0 Å². The van der Waals surface area contributed by atoms with E-state index in [0.29, 0.717) is 25.6 Å². The molecule has 7 heteroatoms. The zero-order valence-corrected chi connectivity index (χ0v) is 18.8. The molecule has 26 heavy (non-hydrogen) atoms. The topological polar surface area (TPSA) is 79.2 Å². The molecule has 0 aliphatic carbocycles. The van der Waals surface area contributed by atoms with Gasteiger partial charge in [-0.1, -0.05) is 20.8 Å². The molecule has 0 bridgehead atoms. The number of carboxylic acid groups (broad SMARTS) is 1. The Morgan fingerprint density at radius 1 is 1.27 bits per heavy atom. The molecule has 0 spiro atoms. The highest BCUT2D eigenvalue weighted by Gasteiger charge is 2.45. The Hall–Kier alpha value is -0.633. The normalized spacial score (nSPS) is 21.5. The Morgan fingerprint density at radius 3 is 2.19 bits per heavy atom. The number of aliphatic hydroxyl groups is 1. The number of hydrogen-bond donors (Lipinski definition) is 2. The maximum absolute atomic E-state index is 12.1. The summed E-state index contributed by atoms with van der Waals surface area (Å²) in [6, 6.07) is -0.404. The predicted octanol–water partition coefficient (Wildman–Crippen LogP) is 3.94. The SMILES string of the molecule is CC(C)(C)N(C(=O)O)[C@@H](C[C@H]1CCOC1)[C@@H](CO)O[Si](C)(C)C(C)(C)C. The smallest absolute Gasteiger partial charge is 0.408 e. The van der Waals surface area contributed by atoms with Gasteiger partial charge < -0.3 is 19.4 Å². The minimum absolute atomic E-state index is 0.0166. The van der Waals surface area contributed by atoms with Crippen LogP contribution in [0.2, 0.25) is 18.1 Å². The van der Waals surface area contributed by atoms with Crippen molar-refractivity contribution in [2.45, 2.75) is 90.2 Å². The second-order valence-electron chi connectivity index (χ2n) is 9.96. The third-order valence-electron chi connectivity index (χ3n) is 5.72. The van der Waals surface area contributed by atoms with Crippen LogP contribution in [-0.2, 0) is 9.16 Å². The van der Waals surface area contributed by atoms with Gasteiger partial charge in [-0.05, 0) is 57.7 Å². The number of aliphatic hydroxyl groups excluding tert-OH is 1. The average Bonchev–Trinajstić information content (AvgIpc) is 2.93. The molecule has 0 aromatic carbocycles. The van der Waals surface area contributed by atoms with Gasteiger partial charge in [-0.2, -0.15) is 0 Å². The second kappa shape index (κ2) is 8.58. The van der Waals surface area contributed by atoms with Crippen molar-refractivity contribution >= 4 is 14.4 Å². The molecule has 1 amide bonds. The van der Waals surface area contributed by atoms with Gasteiger partial charge in [0.25, 0.3) is 0 Å². The van der Waals surface area contributed by atoms with E-state index in [9.17, 15) is 15.0 Å². The summed E-state index contributed by atoms with van der Waals surface area (Å²) in [5.74, 6) is 0.293. The van der Waals surface area contributed by atoms with Crippen LogP contribution in [0.1, 0.15) is 54.4 Å². The van der Waals surface area contributed by atoms with Crippen LogP contribution in [0.4, 0.5) is 4.79 Å². The first-order valence-corrected chi connectivity index (χ1v) is 12.5. The molecule has 0 aromatic heterocycles. The van der Waals surface area contributed by atoms with E-state index in [1.807, 2.05) is 20.8 Å². The van der Waals surface area contributed by atoms with E-state index < -0.39 is 32.1 Å². The first-order valence-electron chi connectivity index (χ1n) is 9.59. The van der Waals surface area contributed by atoms with Crippen molar-refractivity contribution in [3.63, 3.8) is 0 Å². The van der Waals surface area contributed by atoms with Gasteiger partial charge in [0.05, 0.1) is 18.8 Å². The summed E-state index contributed by atoms with van der Waals surface area (Å²) in [7, 11) is -2.16. The van der Waals surface area contributed by atoms with Crippen molar-refractivity contribution < 1.29 is 24.2 Å². The summed E-state index contributed by atoms with van der Waals surface area (Å²) < 4.78 is 12.0. The lowest BCUT2D eigenvalue weighted by Gasteiger charge is -2.47. The van der Waals surface area contributed by atoms with Crippen LogP contribution in [-0.4, -0.2) is 67.0 Å². The molecule has 0 saturated carbocycles. The van der Waals surface area contributed by atoms with Crippen LogP contribution < -0.4 is 0 Å². The van der Waals surface area contributed by atoms with Crippen molar-refractivity contribution in [1.82, 2.24) is 4.90 Å². The fraction of sp³-hybridized carbons (Fsp3) is 0.947. The Balaban J connectivity index is 3.20. The van der Waals surface area contributed by atoms with Crippen molar-refractivity contribution in [2.24, 2.45) is 5.92 Å². The van der Waals surface area contributed by atoms with E-state index in [2.05, 4.69) is 33.9 Å². The zero-order chi connectivity index (χ0) is 20.3. The highest BCUT2D eigenvalue weighted by molar-refractivity contribution is 6.74. The molecule has 1 aliphatic rings. The van der Waals surface area contributed by atoms with Crippen LogP contribution in [0.25, 0.3) is 0 Å². The molecular weight excluding hydrogens is 350 g/mol. The number of ether oxygens (including phenoxy) is 1. The van der Waals surface area contributed by atoms with Gasteiger partial charge in [-0.15, -0.1) is 0 Å². The van der Waals surface area contributed by atoms with Crippen molar-refractivity contribution in [3.05, 3.63) is 0 Å². The van der Waals surface area contributed by atoms with Gasteiger partial charge in [0, 0.05) is 18.8 Å². The van der Waals surface area contributed by atoms with Gasteiger partial charge in [-0.25, -0.2) is 4.79 Å². The molecule has 1 saturated heterocycles. The third kappa shape index (κ3) is 5.94. The minimum Gasteiger partial charge on any atom is -0.465 e. The van der Waals surface area contributed by atoms with Crippen LogP contribution >= 0.6 is 0 Å². The number of carbonyl (C=O) groups is 1. The monoisotopic (exact) mass is 389 g/mol. The Morgan fingerprint density at radius 2 is 1.85 bits per heavy atom. The fourth-order valence-electron chi connectivity index (χ4n) is 3.25. The Bertz CT molecular complexity index is 464. The van der Waals surface area contributed by atoms with Gasteiger partial charge in [-0.3, -0.25) is 4.90 Å². The predicted molar refractivity (Wildman–Crippen MR) is 106 cm³/mol. The minimum atomic E-state index is -2.16. The van der Waals surface area contributed by atoms with E-state index in [1.165, 1.54) is 4.90 Å². The van der Waals surface area contributed by atoms with Crippen LogP contribution in [0, 0.1) is 5.92 Å². The summed E-state index contributed by atoms with van der Waals surface area (Å²) in [4.78, 5) is 13.6. The Labute approximate surface area is 160 Å². The average molecular weight is 390 g/mol. The zero-order valence-electron chi connectivity index (χ0n) is 17.8. The third-order valence-corrected chi connectivity index (χ3v) is 10.2. The maximum atomic E-state index is 12.1. The summed E-state index contributed by atoms with van der Waals surface area (Å²) in [5.41, 5.74) is -0.583. The van der Waals surface area contributed by atoms with Crippen LogP contribution in [0.15, 0.2) is 0 Å². The molecule has 0 radical (unpaired) electrons. The summed E-state index contributed by atoms with van der Waals surface area (Å²) in [6.45, 7) is 17.5. The number of amides is 1. The van der Waals surface area contributed by atoms with Gasteiger partial charge in [0.15, 0.2) is 8.32 Å². The molecule has 0 unspecified atom stereocenters. The Kier molecular flexibility index (Phi) is 7.73. The van der Waals surface area contributed by atoms with Crippen molar-refractivity contribution in [2.75, 3.05) is 19.8 Å². The standard InChI is InChI=1S/C19H39NO5Si/c1-18(2,3)20(17(22)23)15(11-14-9-10-24-13-14)16(12-21)25-26(7,8)19(4,5)6/h14-16,21H,9-13H2,1-8H3,(H,22,23)/t14-,15+,16-/m1/s1. The molecule has 154 valence electrons. The molecule has 1 aliphatic heterocycles. The lowest BCUT2D eigenvalue weighted by Crippen LogP contribution is -2.59. The first-order chi connectivity index (χ1) is 11.7. The maximum Gasteiger partial charge on any atom is 0.408 e. The molecule has 2 N–H and O–H groups in total. The van der Waals surface area contributed by atoms with Crippen LogP contribution in [0.3, 0.4) is 0 Å². The first kappa shape index (κ1) is 23.4. The number of hydrogen-bond acceptors (Lipinski definition) is 4. The molecule has 6 nitrogen and oxygen atoms in total. The second-order valence-corrected chi connectivity index (χ2v) is 14.7. The molecule has 1 heterocycles. The largest absolute Gasteiger partial charge is 0.465 e. The van der Waals surface area contributed by atoms with Gasteiger partial charge in [0.1, 0.15) is 0 Å². The summed E-state index contributed by atoms with van der Waals surface area (Å²) in [5, 5.41) is 20.1. The lowest BCUT2D eigenvalue weighted by molar-refractivity contribution is -0.0187. The van der Waals surface area contributed by atoms with Gasteiger partial charge in [0.2, 0.25) is 0 Å². The highest BCUT2D eigenvalue weighted by atomic mass is 28.4. The van der Waals surface area contributed by atoms with E-state index in [0.717, 1.165) is 6.42 Å². The van der Waals surface area contributed by atoms with E-state index >= 15 is 0 Å². The van der Waals surface area contributed by atoms with E-state index in [-0.39, 0.29) is 11.6 Å². The van der Waals surface area contributed by atoms with Gasteiger partial charge >= 0.3 is 6.09 Å². The highest BCUT2D eigenvalue weighted by Crippen LogP contribution is 2.39. The van der Waals surface area contributed by atoms with Crippen molar-refractivity contribution in [3.8, 4) is 0 Å². The number of rotatable bonds is 7. The molecule has 3 atom stereocenters. The number of nitrogens with zero attached hydrogens (tertiary/aromatic N) is 1. The summed E-state index contributed by atoms with van der Waals surface area (Å²) in [6.07, 6.45) is 0.0565.